The number of aldehydes is 1. The molecule has 1 atom stereocenters. The lowest BCUT2D eigenvalue weighted by Crippen LogP contribution is -2.50. The number of carbonyl (C=O) groups excluding carboxylic acids is 2. The van der Waals surface area contributed by atoms with Crippen molar-refractivity contribution in [1.82, 2.24) is 10.2 Å². The molecule has 5 nitrogen and oxygen atoms in total. The summed E-state index contributed by atoms with van der Waals surface area (Å²) in [6, 6.07) is 13.3. The predicted octanol–water partition coefficient (Wildman–Crippen LogP) is 1.99. The number of benzene rings is 2. The molecule has 1 aliphatic heterocycles. The van der Waals surface area contributed by atoms with Gasteiger partial charge in [-0.25, -0.2) is 4.79 Å². The van der Waals surface area contributed by atoms with Crippen LogP contribution in [0.5, 0.6) is 0 Å². The summed E-state index contributed by atoms with van der Waals surface area (Å²) >= 11 is 0. The molecule has 23 heavy (non-hydrogen) atoms. The zero-order chi connectivity index (χ0) is 16.1. The predicted molar refractivity (Wildman–Crippen MR) is 88.4 cm³/mol. The van der Waals surface area contributed by atoms with Crippen molar-refractivity contribution >= 4 is 23.1 Å². The van der Waals surface area contributed by atoms with Crippen LogP contribution in [0.4, 0.5) is 4.79 Å². The van der Waals surface area contributed by atoms with Crippen LogP contribution in [0, 0.1) is 0 Å². The fraction of sp³-hybridized carbons (Fsp3) is 0.333. The van der Waals surface area contributed by atoms with E-state index in [1.807, 2.05) is 42.5 Å². The first-order valence-electron chi connectivity index (χ1n) is 7.83. The largest absolute Gasteiger partial charge is 0.378 e. The highest BCUT2D eigenvalue weighted by atomic mass is 16.5. The maximum Gasteiger partial charge on any atom is 0.318 e. The van der Waals surface area contributed by atoms with Crippen molar-refractivity contribution in [2.75, 3.05) is 26.3 Å². The number of rotatable bonds is 4. The van der Waals surface area contributed by atoms with Crippen LogP contribution in [-0.4, -0.2) is 49.6 Å². The zero-order valence-electron chi connectivity index (χ0n) is 12.9. The molecule has 1 fully saturated rings. The van der Waals surface area contributed by atoms with E-state index < -0.39 is 6.04 Å². The van der Waals surface area contributed by atoms with Gasteiger partial charge in [0.15, 0.2) is 0 Å². The van der Waals surface area contributed by atoms with Crippen molar-refractivity contribution in [1.29, 1.82) is 0 Å². The number of nitrogens with one attached hydrogen (secondary N) is 1. The van der Waals surface area contributed by atoms with Gasteiger partial charge in [-0.1, -0.05) is 42.5 Å². The fourth-order valence-corrected chi connectivity index (χ4v) is 2.86. The van der Waals surface area contributed by atoms with E-state index in [-0.39, 0.29) is 6.03 Å². The first kappa shape index (κ1) is 15.5. The third-order valence-electron chi connectivity index (χ3n) is 4.09. The van der Waals surface area contributed by atoms with Crippen LogP contribution in [0.2, 0.25) is 0 Å². The number of morpholine rings is 1. The molecule has 2 aromatic carbocycles. The maximum atomic E-state index is 12.2. The minimum absolute atomic E-state index is 0.203. The Morgan fingerprint density at radius 2 is 1.91 bits per heavy atom. The smallest absolute Gasteiger partial charge is 0.318 e. The molecular formula is C18H20N2O3. The molecule has 120 valence electrons. The molecule has 0 saturated carbocycles. The van der Waals surface area contributed by atoms with E-state index in [2.05, 4.69) is 5.32 Å². The Balaban J connectivity index is 1.71. The molecule has 1 aliphatic rings. The molecule has 1 unspecified atom stereocenters. The number of urea groups is 1. The molecule has 1 N–H and O–H groups in total. The van der Waals surface area contributed by atoms with E-state index in [1.165, 1.54) is 0 Å². The lowest BCUT2D eigenvalue weighted by molar-refractivity contribution is -0.109. The number of carbonyl (C=O) groups is 2. The molecule has 2 aromatic rings. The monoisotopic (exact) mass is 312 g/mol. The number of amides is 2. The van der Waals surface area contributed by atoms with Gasteiger partial charge in [-0.2, -0.15) is 0 Å². The Morgan fingerprint density at radius 1 is 1.17 bits per heavy atom. The van der Waals surface area contributed by atoms with Crippen LogP contribution < -0.4 is 5.32 Å². The molecule has 2 amide bonds. The van der Waals surface area contributed by atoms with Gasteiger partial charge in [-0.15, -0.1) is 0 Å². The van der Waals surface area contributed by atoms with E-state index in [1.54, 1.807) is 4.90 Å². The van der Waals surface area contributed by atoms with Crippen LogP contribution in [0.15, 0.2) is 42.5 Å². The minimum Gasteiger partial charge on any atom is -0.378 e. The van der Waals surface area contributed by atoms with Gasteiger partial charge in [-0.05, 0) is 16.3 Å². The van der Waals surface area contributed by atoms with Gasteiger partial charge in [0.05, 0.1) is 19.3 Å². The summed E-state index contributed by atoms with van der Waals surface area (Å²) in [5.41, 5.74) is 1.06. The standard InChI is InChI=1S/C18H20N2O3/c21-13-16(19-18(22)20-8-10-23-11-9-20)12-15-6-3-5-14-4-1-2-7-17(14)15/h1-7,13,16H,8-12H2,(H,19,22). The average Bonchev–Trinajstić information content (AvgIpc) is 2.62. The molecule has 5 heteroatoms. The Bertz CT molecular complexity index is 690. The highest BCUT2D eigenvalue weighted by Gasteiger charge is 2.20. The topological polar surface area (TPSA) is 58.6 Å². The van der Waals surface area contributed by atoms with E-state index in [4.69, 9.17) is 4.74 Å². The second-order valence-electron chi connectivity index (χ2n) is 5.63. The number of nitrogens with zero attached hydrogens (tertiary/aromatic N) is 1. The summed E-state index contributed by atoms with van der Waals surface area (Å²) in [5.74, 6) is 0. The van der Waals surface area contributed by atoms with E-state index in [0.717, 1.165) is 22.6 Å². The molecule has 3 rings (SSSR count). The van der Waals surface area contributed by atoms with Crippen molar-refractivity contribution < 1.29 is 14.3 Å². The third-order valence-corrected chi connectivity index (χ3v) is 4.09. The van der Waals surface area contributed by atoms with Gasteiger partial charge in [0.25, 0.3) is 0 Å². The summed E-state index contributed by atoms with van der Waals surface area (Å²) in [7, 11) is 0. The Hall–Kier alpha value is -2.40. The quantitative estimate of drug-likeness (QED) is 0.878. The first-order valence-corrected chi connectivity index (χ1v) is 7.83. The number of ether oxygens (including phenoxy) is 1. The highest BCUT2D eigenvalue weighted by molar-refractivity contribution is 5.86. The number of hydrogen-bond acceptors (Lipinski definition) is 3. The Labute approximate surface area is 135 Å². The van der Waals surface area contributed by atoms with Gasteiger partial charge in [0.1, 0.15) is 6.29 Å². The van der Waals surface area contributed by atoms with E-state index in [0.29, 0.717) is 32.7 Å². The average molecular weight is 312 g/mol. The molecule has 0 aliphatic carbocycles. The van der Waals surface area contributed by atoms with Crippen molar-refractivity contribution in [3.8, 4) is 0 Å². The molecule has 0 spiro atoms. The van der Waals surface area contributed by atoms with Crippen LogP contribution in [0.3, 0.4) is 0 Å². The van der Waals surface area contributed by atoms with E-state index in [9.17, 15) is 9.59 Å². The highest BCUT2D eigenvalue weighted by Crippen LogP contribution is 2.19. The zero-order valence-corrected chi connectivity index (χ0v) is 12.9. The van der Waals surface area contributed by atoms with Crippen LogP contribution >= 0.6 is 0 Å². The summed E-state index contributed by atoms with van der Waals surface area (Å²) in [6.07, 6.45) is 1.29. The molecule has 0 bridgehead atoms. The van der Waals surface area contributed by atoms with E-state index >= 15 is 0 Å². The SMILES string of the molecule is O=CC(Cc1cccc2ccccc12)NC(=O)N1CCOCC1. The van der Waals surface area contributed by atoms with Crippen molar-refractivity contribution in [2.45, 2.75) is 12.5 Å². The number of fused-ring (bicyclic) bond motifs is 1. The maximum absolute atomic E-state index is 12.2. The molecule has 1 saturated heterocycles. The minimum atomic E-state index is -0.531. The second-order valence-corrected chi connectivity index (χ2v) is 5.63. The van der Waals surface area contributed by atoms with Crippen LogP contribution in [-0.2, 0) is 16.0 Å². The van der Waals surface area contributed by atoms with Crippen LogP contribution in [0.25, 0.3) is 10.8 Å². The van der Waals surface area contributed by atoms with Crippen molar-refractivity contribution in [3.05, 3.63) is 48.0 Å². The lowest BCUT2D eigenvalue weighted by atomic mass is 9.99. The van der Waals surface area contributed by atoms with Gasteiger partial charge in [0.2, 0.25) is 0 Å². The summed E-state index contributed by atoms with van der Waals surface area (Å²) in [5, 5.41) is 5.06. The summed E-state index contributed by atoms with van der Waals surface area (Å²) < 4.78 is 5.23. The summed E-state index contributed by atoms with van der Waals surface area (Å²) in [6.45, 7) is 2.21. The van der Waals surface area contributed by atoms with Gasteiger partial charge < -0.3 is 19.7 Å². The first-order chi connectivity index (χ1) is 11.3. The van der Waals surface area contributed by atoms with Crippen molar-refractivity contribution in [3.63, 3.8) is 0 Å². The Morgan fingerprint density at radius 3 is 2.70 bits per heavy atom. The fourth-order valence-electron chi connectivity index (χ4n) is 2.86. The van der Waals surface area contributed by atoms with Crippen molar-refractivity contribution in [2.24, 2.45) is 0 Å². The second kappa shape index (κ2) is 7.24. The molecule has 1 heterocycles. The number of hydrogen-bond donors (Lipinski definition) is 1. The molecule has 0 radical (unpaired) electrons. The van der Waals surface area contributed by atoms with Gasteiger partial charge >= 0.3 is 6.03 Å². The normalized spacial score (nSPS) is 16.1. The Kier molecular flexibility index (Phi) is 4.88. The summed E-state index contributed by atoms with van der Waals surface area (Å²) in [4.78, 5) is 25.3. The molecule has 0 aromatic heterocycles. The van der Waals surface area contributed by atoms with Crippen LogP contribution in [0.1, 0.15) is 5.56 Å². The van der Waals surface area contributed by atoms with Gasteiger partial charge in [0, 0.05) is 19.5 Å². The van der Waals surface area contributed by atoms with Gasteiger partial charge in [-0.3, -0.25) is 0 Å². The molecular weight excluding hydrogens is 292 g/mol. The lowest BCUT2D eigenvalue weighted by Gasteiger charge is -2.28. The third kappa shape index (κ3) is 3.68.